The highest BCUT2D eigenvalue weighted by atomic mass is 127. The van der Waals surface area contributed by atoms with Crippen molar-refractivity contribution in [2.45, 2.75) is 24.9 Å². The molecule has 1 aliphatic rings. The van der Waals surface area contributed by atoms with E-state index in [0.717, 1.165) is 36.4 Å². The van der Waals surface area contributed by atoms with Crippen LogP contribution < -0.4 is 0 Å². The number of imidazole rings is 1. The van der Waals surface area contributed by atoms with Crippen LogP contribution in [0.5, 0.6) is 0 Å². The molecule has 5 heteroatoms. The molecule has 17 heavy (non-hydrogen) atoms. The summed E-state index contributed by atoms with van der Waals surface area (Å²) < 4.78 is 8.89. The van der Waals surface area contributed by atoms with Crippen LogP contribution >= 0.6 is 34.2 Å². The number of halogens is 2. The molecule has 1 aromatic heterocycles. The van der Waals surface area contributed by atoms with Gasteiger partial charge in [0.05, 0.1) is 29.6 Å². The smallest absolute Gasteiger partial charge is 0.124 e. The topological polar surface area (TPSA) is 27.1 Å². The number of rotatable bonds is 3. The fourth-order valence-corrected chi connectivity index (χ4v) is 2.76. The molecule has 1 aromatic carbocycles. The maximum Gasteiger partial charge on any atom is 0.124 e. The summed E-state index contributed by atoms with van der Waals surface area (Å²) in [5, 5.41) is 0. The van der Waals surface area contributed by atoms with E-state index in [1.54, 1.807) is 0 Å². The van der Waals surface area contributed by atoms with E-state index >= 15 is 0 Å². The minimum absolute atomic E-state index is 0.326. The van der Waals surface area contributed by atoms with Gasteiger partial charge in [-0.05, 0) is 47.2 Å². The predicted molar refractivity (Wildman–Crippen MR) is 76.4 cm³/mol. The van der Waals surface area contributed by atoms with Gasteiger partial charge in [0.1, 0.15) is 5.82 Å². The molecule has 90 valence electrons. The van der Waals surface area contributed by atoms with Gasteiger partial charge in [0.15, 0.2) is 0 Å². The van der Waals surface area contributed by atoms with Gasteiger partial charge in [0, 0.05) is 10.2 Å². The molecule has 1 aliphatic heterocycles. The molecule has 1 fully saturated rings. The minimum Gasteiger partial charge on any atom is -0.376 e. The zero-order valence-electron chi connectivity index (χ0n) is 9.20. The van der Waals surface area contributed by atoms with Crippen LogP contribution in [0.1, 0.15) is 12.2 Å². The zero-order valence-corrected chi connectivity index (χ0v) is 12.1. The average molecular weight is 363 g/mol. The first-order chi connectivity index (χ1) is 8.28. The number of alkyl halides is 1. The van der Waals surface area contributed by atoms with Crippen LogP contribution in [-0.2, 0) is 17.2 Å². The minimum atomic E-state index is 0.326. The first-order valence-corrected chi connectivity index (χ1v) is 7.21. The summed E-state index contributed by atoms with van der Waals surface area (Å²) in [5.41, 5.74) is 2.17. The lowest BCUT2D eigenvalue weighted by molar-refractivity contribution is -0.0589. The molecule has 0 N–H and O–H groups in total. The van der Waals surface area contributed by atoms with E-state index in [1.807, 2.05) is 6.07 Å². The van der Waals surface area contributed by atoms with Gasteiger partial charge in [-0.25, -0.2) is 4.98 Å². The van der Waals surface area contributed by atoms with Gasteiger partial charge < -0.3 is 9.30 Å². The van der Waals surface area contributed by atoms with E-state index < -0.39 is 0 Å². The maximum atomic E-state index is 5.96. The van der Waals surface area contributed by atoms with Gasteiger partial charge in [0.2, 0.25) is 0 Å². The third kappa shape index (κ3) is 2.18. The molecule has 0 radical (unpaired) electrons. The number of fused-ring (bicyclic) bond motifs is 1. The third-order valence-electron chi connectivity index (χ3n) is 3.09. The summed E-state index contributed by atoms with van der Waals surface area (Å²) >= 11 is 8.28. The van der Waals surface area contributed by atoms with Crippen LogP contribution in [-0.4, -0.2) is 22.3 Å². The third-order valence-corrected chi connectivity index (χ3v) is 4.00. The SMILES string of the molecule is ClCc1nc2ccc(I)cc2n1C[C@@H]1CCO1. The Morgan fingerprint density at radius 2 is 2.35 bits per heavy atom. The molecule has 0 amide bonds. The highest BCUT2D eigenvalue weighted by Crippen LogP contribution is 2.23. The Bertz CT molecular complexity index is 551. The highest BCUT2D eigenvalue weighted by Gasteiger charge is 2.21. The second-order valence-corrected chi connectivity index (χ2v) is 5.70. The van der Waals surface area contributed by atoms with Gasteiger partial charge in [-0.3, -0.25) is 0 Å². The average Bonchev–Trinajstić information content (AvgIpc) is 2.61. The predicted octanol–water partition coefficient (Wildman–Crippen LogP) is 3.17. The number of hydrogen-bond acceptors (Lipinski definition) is 2. The Balaban J connectivity index is 2.07. The number of benzene rings is 1. The van der Waals surface area contributed by atoms with E-state index in [0.29, 0.717) is 12.0 Å². The van der Waals surface area contributed by atoms with Gasteiger partial charge in [0.25, 0.3) is 0 Å². The lowest BCUT2D eigenvalue weighted by Gasteiger charge is -2.27. The molecule has 2 aromatic rings. The summed E-state index contributed by atoms with van der Waals surface area (Å²) in [7, 11) is 0. The van der Waals surface area contributed by atoms with Crippen molar-refractivity contribution >= 4 is 45.2 Å². The highest BCUT2D eigenvalue weighted by molar-refractivity contribution is 14.1. The van der Waals surface area contributed by atoms with Crippen LogP contribution in [0, 0.1) is 3.57 Å². The molecule has 0 bridgehead atoms. The number of hydrogen-bond donors (Lipinski definition) is 0. The van der Waals surface area contributed by atoms with Crippen LogP contribution in [0.2, 0.25) is 0 Å². The van der Waals surface area contributed by atoms with Crippen LogP contribution in [0.3, 0.4) is 0 Å². The van der Waals surface area contributed by atoms with E-state index in [2.05, 4.69) is 44.3 Å². The standard InChI is InChI=1S/C12H12ClIN2O/c13-6-12-15-10-2-1-8(14)5-11(10)16(12)7-9-3-4-17-9/h1-2,5,9H,3-4,6-7H2/t9-/m0/s1. The van der Waals surface area contributed by atoms with Crippen molar-refractivity contribution in [3.63, 3.8) is 0 Å². The summed E-state index contributed by atoms with van der Waals surface area (Å²) in [4.78, 5) is 4.56. The van der Waals surface area contributed by atoms with Crippen molar-refractivity contribution in [2.75, 3.05) is 6.61 Å². The molecule has 3 nitrogen and oxygen atoms in total. The lowest BCUT2D eigenvalue weighted by Crippen LogP contribution is -2.31. The van der Waals surface area contributed by atoms with E-state index in [4.69, 9.17) is 16.3 Å². The van der Waals surface area contributed by atoms with Gasteiger partial charge in [-0.1, -0.05) is 0 Å². The molecule has 1 saturated heterocycles. The van der Waals surface area contributed by atoms with Gasteiger partial charge in [-0.2, -0.15) is 0 Å². The van der Waals surface area contributed by atoms with Crippen LogP contribution in [0.4, 0.5) is 0 Å². The Morgan fingerprint density at radius 1 is 1.53 bits per heavy atom. The number of ether oxygens (including phenoxy) is 1. The van der Waals surface area contributed by atoms with E-state index in [9.17, 15) is 0 Å². The Kier molecular flexibility index (Phi) is 3.28. The molecular formula is C12H12ClIN2O. The van der Waals surface area contributed by atoms with Crippen LogP contribution in [0.15, 0.2) is 18.2 Å². The first-order valence-electron chi connectivity index (χ1n) is 5.60. The lowest BCUT2D eigenvalue weighted by atomic mass is 10.2. The Morgan fingerprint density at radius 3 is 3.00 bits per heavy atom. The fourth-order valence-electron chi connectivity index (χ4n) is 2.08. The van der Waals surface area contributed by atoms with Crippen molar-refractivity contribution in [2.24, 2.45) is 0 Å². The van der Waals surface area contributed by atoms with Crippen molar-refractivity contribution < 1.29 is 4.74 Å². The Labute approximate surface area is 118 Å². The maximum absolute atomic E-state index is 5.96. The second-order valence-electron chi connectivity index (χ2n) is 4.19. The van der Waals surface area contributed by atoms with Crippen molar-refractivity contribution in [3.8, 4) is 0 Å². The Hall–Kier alpha value is -0.330. The summed E-state index contributed by atoms with van der Waals surface area (Å²) in [6, 6.07) is 6.26. The summed E-state index contributed by atoms with van der Waals surface area (Å²) in [5.74, 6) is 1.37. The monoisotopic (exact) mass is 362 g/mol. The van der Waals surface area contributed by atoms with Gasteiger partial charge >= 0.3 is 0 Å². The molecule has 2 heterocycles. The number of aromatic nitrogens is 2. The molecule has 0 spiro atoms. The van der Waals surface area contributed by atoms with Crippen molar-refractivity contribution in [1.29, 1.82) is 0 Å². The van der Waals surface area contributed by atoms with Crippen molar-refractivity contribution in [3.05, 3.63) is 27.6 Å². The quantitative estimate of drug-likeness (QED) is 0.619. The molecule has 0 aliphatic carbocycles. The van der Waals surface area contributed by atoms with Gasteiger partial charge in [-0.15, -0.1) is 11.6 Å². The molecular weight excluding hydrogens is 351 g/mol. The largest absolute Gasteiger partial charge is 0.376 e. The van der Waals surface area contributed by atoms with Crippen molar-refractivity contribution in [1.82, 2.24) is 9.55 Å². The molecule has 0 unspecified atom stereocenters. The van der Waals surface area contributed by atoms with Crippen LogP contribution in [0.25, 0.3) is 11.0 Å². The summed E-state index contributed by atoms with van der Waals surface area (Å²) in [6.45, 7) is 1.74. The number of nitrogens with zero attached hydrogens (tertiary/aromatic N) is 2. The fraction of sp³-hybridized carbons (Fsp3) is 0.417. The zero-order chi connectivity index (χ0) is 11.8. The molecule has 3 rings (SSSR count). The van der Waals surface area contributed by atoms with E-state index in [1.165, 1.54) is 3.57 Å². The summed E-state index contributed by atoms with van der Waals surface area (Å²) in [6.07, 6.45) is 1.46. The van der Waals surface area contributed by atoms with E-state index in [-0.39, 0.29) is 0 Å². The molecule has 1 atom stereocenters. The second kappa shape index (κ2) is 4.74. The molecule has 0 saturated carbocycles. The normalized spacial score (nSPS) is 19.5. The first kappa shape index (κ1) is 11.7.